The van der Waals surface area contributed by atoms with Crippen LogP contribution in [0.15, 0.2) is 137 Å². The van der Waals surface area contributed by atoms with Crippen molar-refractivity contribution in [3.8, 4) is 0 Å². The molecule has 5 heterocycles. The number of aliphatic hydroxyl groups is 2. The minimum atomic E-state index is -1.00. The van der Waals surface area contributed by atoms with Gasteiger partial charge >= 0.3 is 11.9 Å². The van der Waals surface area contributed by atoms with Crippen LogP contribution in [0.25, 0.3) is 18.2 Å². The van der Waals surface area contributed by atoms with E-state index in [0.29, 0.717) is 63.8 Å². The fourth-order valence-corrected chi connectivity index (χ4v) is 8.45. The van der Waals surface area contributed by atoms with Gasteiger partial charge in [0.1, 0.15) is 0 Å². The number of carbonyl (C=O) groups is 2. The third-order valence-corrected chi connectivity index (χ3v) is 12.3. The molecule has 4 aliphatic heterocycles. The number of aliphatic hydroxyl groups excluding tert-OH is 2. The van der Waals surface area contributed by atoms with E-state index >= 15 is 0 Å². The number of H-pyrrole nitrogens is 1. The number of hydrogen-bond donors (Lipinski definition) is 5. The number of rotatable bonds is 20. The molecule has 0 spiro atoms. The highest BCUT2D eigenvalue weighted by molar-refractivity contribution is 6.25. The zero-order valence-corrected chi connectivity index (χ0v) is 39.0. The number of hydrogen-bond acceptors (Lipinski definition) is 7. The topological polar surface area (TPSA) is 168 Å². The van der Waals surface area contributed by atoms with E-state index in [2.05, 4.69) is 70.5 Å². The molecule has 8 bridgehead atoms. The number of carboxylic acids is 2. The summed E-state index contributed by atoms with van der Waals surface area (Å²) in [7, 11) is 0. The number of aromatic amines is 1. The molecule has 5 N–H and O–H groups in total. The van der Waals surface area contributed by atoms with Gasteiger partial charge in [0.25, 0.3) is 0 Å². The zero-order chi connectivity index (χ0) is 46.7. The summed E-state index contributed by atoms with van der Waals surface area (Å²) in [5.74, 6) is -1.94. The molecule has 0 radical (unpaired) electrons. The number of nitrogens with zero attached hydrogens (tertiary/aromatic N) is 3. The van der Waals surface area contributed by atoms with Crippen LogP contribution >= 0.6 is 0 Å². The Morgan fingerprint density at radius 2 is 1.23 bits per heavy atom. The maximum atomic E-state index is 11.9. The number of allylic oxidation sites excluding steroid dienone is 15. The number of aliphatic imine (C=N–C) groups is 3. The largest absolute Gasteiger partial charge is 0.515 e. The highest BCUT2D eigenvalue weighted by Gasteiger charge is 2.30. The Morgan fingerprint density at radius 1 is 0.672 bits per heavy atom. The summed E-state index contributed by atoms with van der Waals surface area (Å²) >= 11 is 0. The summed E-state index contributed by atoms with van der Waals surface area (Å²) in [6.45, 7) is 20.8. The summed E-state index contributed by atoms with van der Waals surface area (Å²) < 4.78 is 0. The van der Waals surface area contributed by atoms with Crippen molar-refractivity contribution >= 4 is 47.3 Å². The molecule has 1 aromatic heterocycles. The molecule has 0 aromatic carbocycles. The van der Waals surface area contributed by atoms with Gasteiger partial charge < -0.3 is 25.4 Å². The Balaban J connectivity index is 1.46. The maximum Gasteiger partial charge on any atom is 0.303 e. The van der Waals surface area contributed by atoms with Crippen molar-refractivity contribution < 1.29 is 30.0 Å². The second-order valence-electron chi connectivity index (χ2n) is 17.5. The van der Waals surface area contributed by atoms with E-state index in [1.807, 2.05) is 32.9 Å². The third-order valence-electron chi connectivity index (χ3n) is 12.3. The Labute approximate surface area is 378 Å². The smallest absolute Gasteiger partial charge is 0.303 e. The summed E-state index contributed by atoms with van der Waals surface area (Å²) in [5, 5.41) is 43.4. The fraction of sp³-hybridized carbons (Fsp3) is 0.389. The van der Waals surface area contributed by atoms with E-state index in [-0.39, 0.29) is 25.7 Å². The highest BCUT2D eigenvalue weighted by Crippen LogP contribution is 2.38. The standard InChI is InChI=1S/C54H66N4O6/c1-10-39-36(7)44-29-50-54(51(60)22-14-21-35(6)20-13-19-34(5)18-12-17-33(4)16-11-15-32(2)3)38(9)45(57-50)28-49-42(31-59)41(24-26-53(63)64)48(58-49)30-47-40(23-25-52(61)62)37(8)43(56-47)27-46(39)55-44/h10,15,17,19,21,27-31,51,55,59-60H,1,11-14,16,18,20,22-26H2,2-9H3,(H,61,62)(H,63,64)/b33-17+,34-19-,35-21+,42-31?,44-29?,45-28?,46-27?,47-30?/t51-/m0/s1. The molecule has 1 aromatic rings. The lowest BCUT2D eigenvalue weighted by Crippen LogP contribution is -2.20. The Bertz CT molecular complexity index is 2610. The van der Waals surface area contributed by atoms with Crippen LogP contribution in [0.3, 0.4) is 0 Å². The summed E-state index contributed by atoms with van der Waals surface area (Å²) in [4.78, 5) is 42.0. The van der Waals surface area contributed by atoms with Crippen molar-refractivity contribution in [1.29, 1.82) is 0 Å². The van der Waals surface area contributed by atoms with Crippen molar-refractivity contribution in [3.05, 3.63) is 144 Å². The van der Waals surface area contributed by atoms with Gasteiger partial charge in [-0.3, -0.25) is 9.59 Å². The van der Waals surface area contributed by atoms with E-state index in [1.54, 1.807) is 18.2 Å². The minimum absolute atomic E-state index is 0.0817. The lowest BCUT2D eigenvalue weighted by atomic mass is 9.94. The quantitative estimate of drug-likeness (QED) is 0.0646. The first-order valence-corrected chi connectivity index (χ1v) is 22.5. The first-order chi connectivity index (χ1) is 30.5. The van der Waals surface area contributed by atoms with Crippen LogP contribution in [0, 0.1) is 6.92 Å². The lowest BCUT2D eigenvalue weighted by molar-refractivity contribution is -0.137. The van der Waals surface area contributed by atoms with Crippen molar-refractivity contribution in [3.63, 3.8) is 0 Å². The molecule has 10 nitrogen and oxygen atoms in total. The first kappa shape index (κ1) is 48.9. The van der Waals surface area contributed by atoms with Gasteiger partial charge in [0.2, 0.25) is 0 Å². The molecule has 5 rings (SSSR count). The molecule has 338 valence electrons. The molecular weight excluding hydrogens is 801 g/mol. The molecule has 10 heteroatoms. The van der Waals surface area contributed by atoms with E-state index in [1.165, 1.54) is 22.3 Å². The number of fused-ring (bicyclic) bond motifs is 5. The van der Waals surface area contributed by atoms with Crippen LogP contribution in [0.5, 0.6) is 0 Å². The van der Waals surface area contributed by atoms with Crippen LogP contribution < -0.4 is 10.7 Å². The van der Waals surface area contributed by atoms with Gasteiger partial charge in [0.15, 0.2) is 0 Å². The van der Waals surface area contributed by atoms with E-state index in [9.17, 15) is 30.0 Å². The Hall–Kier alpha value is -6.13. The SMILES string of the molecule is C=Cc1c(C)c2[nH]c1=CC1=NC(=CC3=C(CCC(=O)O)C(=CO)C(=N3)C=C3N=C(C=2)C([C@@H](O)CC/C=C(\C)CC/C=C(/C)CC/C=C(\C)CCC=C(C)C)=C3C)C(CCC(=O)O)=C1C. The minimum Gasteiger partial charge on any atom is -0.515 e. The second kappa shape index (κ2) is 22.5. The van der Waals surface area contributed by atoms with Gasteiger partial charge in [0.05, 0.1) is 46.6 Å². The van der Waals surface area contributed by atoms with Crippen LogP contribution in [-0.4, -0.2) is 60.6 Å². The summed E-state index contributed by atoms with van der Waals surface area (Å²) in [6.07, 6.45) is 25.9. The molecular formula is C54H66N4O6. The van der Waals surface area contributed by atoms with Gasteiger partial charge in [-0.05, 0) is 172 Å². The fourth-order valence-electron chi connectivity index (χ4n) is 8.45. The normalized spacial score (nSPS) is 17.8. The van der Waals surface area contributed by atoms with Crippen molar-refractivity contribution in [1.82, 2.24) is 4.98 Å². The molecule has 0 saturated carbocycles. The number of aromatic nitrogens is 1. The Kier molecular flexibility index (Phi) is 17.2. The number of carboxylic acid groups (broad SMARTS) is 2. The van der Waals surface area contributed by atoms with Gasteiger partial charge in [-0.15, -0.1) is 0 Å². The van der Waals surface area contributed by atoms with Crippen molar-refractivity contribution in [2.45, 2.75) is 139 Å². The predicted molar refractivity (Wildman–Crippen MR) is 263 cm³/mol. The molecule has 1 atom stereocenters. The monoisotopic (exact) mass is 866 g/mol. The zero-order valence-electron chi connectivity index (χ0n) is 39.0. The molecule has 64 heavy (non-hydrogen) atoms. The van der Waals surface area contributed by atoms with Crippen LogP contribution in [0.1, 0.15) is 137 Å². The summed E-state index contributed by atoms with van der Waals surface area (Å²) in [6, 6.07) is 0. The van der Waals surface area contributed by atoms with Gasteiger partial charge in [-0.25, -0.2) is 15.0 Å². The predicted octanol–water partition coefficient (Wildman–Crippen LogP) is 11.0. The van der Waals surface area contributed by atoms with Crippen molar-refractivity contribution in [2.24, 2.45) is 15.0 Å². The van der Waals surface area contributed by atoms with E-state index in [4.69, 9.17) is 15.0 Å². The van der Waals surface area contributed by atoms with Gasteiger partial charge in [-0.2, -0.15) is 0 Å². The summed E-state index contributed by atoms with van der Waals surface area (Å²) in [5.41, 5.74) is 14.3. The molecule has 0 unspecified atom stereocenters. The van der Waals surface area contributed by atoms with Gasteiger partial charge in [-0.1, -0.05) is 59.3 Å². The van der Waals surface area contributed by atoms with Gasteiger partial charge in [0, 0.05) is 40.2 Å². The van der Waals surface area contributed by atoms with Crippen LogP contribution in [-0.2, 0) is 9.59 Å². The van der Waals surface area contributed by atoms with E-state index in [0.717, 1.165) is 83.3 Å². The highest BCUT2D eigenvalue weighted by atomic mass is 16.4. The number of nitrogens with one attached hydrogen (secondary N) is 1. The maximum absolute atomic E-state index is 11.9. The molecule has 4 aliphatic rings. The van der Waals surface area contributed by atoms with Crippen LogP contribution in [0.2, 0.25) is 0 Å². The van der Waals surface area contributed by atoms with Crippen LogP contribution in [0.4, 0.5) is 0 Å². The molecule has 0 fully saturated rings. The number of aliphatic carboxylic acids is 2. The average Bonchev–Trinajstić information content (AvgIpc) is 3.91. The lowest BCUT2D eigenvalue weighted by Gasteiger charge is -2.13. The average molecular weight is 867 g/mol. The molecule has 0 saturated heterocycles. The van der Waals surface area contributed by atoms with E-state index < -0.39 is 18.0 Å². The third kappa shape index (κ3) is 12.5. The molecule has 0 amide bonds. The Morgan fingerprint density at radius 3 is 1.81 bits per heavy atom. The molecule has 0 aliphatic carbocycles. The first-order valence-electron chi connectivity index (χ1n) is 22.5. The van der Waals surface area contributed by atoms with Crippen molar-refractivity contribution in [2.75, 3.05) is 0 Å². The second-order valence-corrected chi connectivity index (χ2v) is 17.5.